The van der Waals surface area contributed by atoms with E-state index in [0.717, 1.165) is 38.6 Å². The minimum absolute atomic E-state index is 0.313. The van der Waals surface area contributed by atoms with Gasteiger partial charge in [0.2, 0.25) is 0 Å². The molecule has 0 aliphatic carbocycles. The fourth-order valence-electron chi connectivity index (χ4n) is 1.85. The summed E-state index contributed by atoms with van der Waals surface area (Å²) in [6.07, 6.45) is 5.68. The predicted octanol–water partition coefficient (Wildman–Crippen LogP) is 3.05. The summed E-state index contributed by atoms with van der Waals surface area (Å²) in [6, 6.07) is 0.571. The molecule has 0 aliphatic rings. The third kappa shape index (κ3) is 8.72. The molecule has 2 N–H and O–H groups in total. The molecule has 0 aliphatic heterocycles. The summed E-state index contributed by atoms with van der Waals surface area (Å²) >= 11 is 0. The maximum absolute atomic E-state index is 10.5. The number of hydrogen-bond donors (Lipinski definition) is 2. The van der Waals surface area contributed by atoms with Gasteiger partial charge in [-0.25, -0.2) is 0 Å². The normalized spacial score (nSPS) is 14.7. The Kier molecular flexibility index (Phi) is 9.30. The molecule has 0 fully saturated rings. The highest BCUT2D eigenvalue weighted by Gasteiger charge is 2.10. The summed E-state index contributed by atoms with van der Waals surface area (Å²) in [5.41, 5.74) is 0. The molecule has 0 amide bonds. The summed E-state index contributed by atoms with van der Waals surface area (Å²) in [5.74, 6) is -0.103. The molecule has 0 heterocycles. The molecule has 2 unspecified atom stereocenters. The highest BCUT2D eigenvalue weighted by molar-refractivity contribution is 5.66. The Balaban J connectivity index is 3.71. The van der Waals surface area contributed by atoms with E-state index in [9.17, 15) is 4.79 Å². The minimum Gasteiger partial charge on any atom is -0.481 e. The molecule has 3 heteroatoms. The van der Waals surface area contributed by atoms with Crippen LogP contribution in [0.1, 0.15) is 59.3 Å². The van der Waals surface area contributed by atoms with Crippen LogP contribution in [0, 0.1) is 5.92 Å². The smallest absolute Gasteiger partial charge is 0.303 e. The van der Waals surface area contributed by atoms with Crippen molar-refractivity contribution in [2.24, 2.45) is 5.92 Å². The fraction of sp³-hybridized carbons (Fsp3) is 0.923. The number of aliphatic carboxylic acids is 1. The van der Waals surface area contributed by atoms with E-state index >= 15 is 0 Å². The van der Waals surface area contributed by atoms with Crippen LogP contribution in [0.5, 0.6) is 0 Å². The van der Waals surface area contributed by atoms with E-state index < -0.39 is 5.97 Å². The highest BCUT2D eigenvalue weighted by atomic mass is 16.4. The van der Waals surface area contributed by atoms with E-state index in [0.29, 0.717) is 18.4 Å². The van der Waals surface area contributed by atoms with Gasteiger partial charge in [-0.3, -0.25) is 4.79 Å². The van der Waals surface area contributed by atoms with Crippen molar-refractivity contribution in [2.75, 3.05) is 6.54 Å². The van der Waals surface area contributed by atoms with Gasteiger partial charge in [0.05, 0.1) is 0 Å². The molecule has 0 rings (SSSR count). The molecular formula is C13H27NO2. The van der Waals surface area contributed by atoms with Gasteiger partial charge in [0.1, 0.15) is 0 Å². The molecule has 0 radical (unpaired) electrons. The van der Waals surface area contributed by atoms with Gasteiger partial charge in [0.15, 0.2) is 0 Å². The van der Waals surface area contributed by atoms with Crippen LogP contribution in [-0.4, -0.2) is 23.7 Å². The van der Waals surface area contributed by atoms with Crippen molar-refractivity contribution in [3.8, 4) is 0 Å². The zero-order valence-corrected chi connectivity index (χ0v) is 11.0. The molecule has 16 heavy (non-hydrogen) atoms. The molecule has 3 nitrogen and oxygen atoms in total. The van der Waals surface area contributed by atoms with Gasteiger partial charge in [0, 0.05) is 12.5 Å². The zero-order valence-electron chi connectivity index (χ0n) is 11.0. The Hall–Kier alpha value is -0.570. The monoisotopic (exact) mass is 229 g/mol. The van der Waals surface area contributed by atoms with Gasteiger partial charge >= 0.3 is 5.97 Å². The first-order valence-corrected chi connectivity index (χ1v) is 6.55. The van der Waals surface area contributed by atoms with Crippen molar-refractivity contribution in [1.29, 1.82) is 0 Å². The lowest BCUT2D eigenvalue weighted by atomic mass is 9.94. The zero-order chi connectivity index (χ0) is 12.4. The molecule has 96 valence electrons. The topological polar surface area (TPSA) is 49.3 Å². The quantitative estimate of drug-likeness (QED) is 0.605. The average Bonchev–Trinajstić information content (AvgIpc) is 2.25. The largest absolute Gasteiger partial charge is 0.481 e. The van der Waals surface area contributed by atoms with E-state index in [1.54, 1.807) is 0 Å². The lowest BCUT2D eigenvalue weighted by Gasteiger charge is -2.17. The van der Waals surface area contributed by atoms with Crippen molar-refractivity contribution in [3.05, 3.63) is 0 Å². The van der Waals surface area contributed by atoms with Crippen LogP contribution in [0.4, 0.5) is 0 Å². The van der Waals surface area contributed by atoms with Crippen LogP contribution in [0.3, 0.4) is 0 Å². The lowest BCUT2D eigenvalue weighted by Crippen LogP contribution is -2.27. The van der Waals surface area contributed by atoms with Gasteiger partial charge in [-0.15, -0.1) is 0 Å². The summed E-state index contributed by atoms with van der Waals surface area (Å²) < 4.78 is 0. The molecule has 0 aromatic heterocycles. The summed E-state index contributed by atoms with van der Waals surface area (Å²) in [7, 11) is 0. The second-order valence-electron chi connectivity index (χ2n) is 4.64. The van der Waals surface area contributed by atoms with E-state index in [2.05, 4.69) is 26.1 Å². The molecule has 0 aromatic carbocycles. The first-order valence-electron chi connectivity index (χ1n) is 6.55. The van der Waals surface area contributed by atoms with Crippen molar-refractivity contribution < 1.29 is 9.90 Å². The van der Waals surface area contributed by atoms with Crippen molar-refractivity contribution >= 4 is 5.97 Å². The Morgan fingerprint density at radius 2 is 1.94 bits per heavy atom. The second-order valence-corrected chi connectivity index (χ2v) is 4.64. The number of carboxylic acids is 1. The molecular weight excluding hydrogens is 202 g/mol. The number of hydrogen-bond acceptors (Lipinski definition) is 2. The standard InChI is InChI=1S/C13H27NO2/c1-4-6-12(7-8-13(15)16)9-10-14-11(3)5-2/h11-12,14H,4-10H2,1-3H3,(H,15,16). The molecule has 0 aromatic rings. The van der Waals surface area contributed by atoms with Gasteiger partial charge in [-0.1, -0.05) is 26.7 Å². The van der Waals surface area contributed by atoms with Crippen LogP contribution in [0.2, 0.25) is 0 Å². The van der Waals surface area contributed by atoms with E-state index in [4.69, 9.17) is 5.11 Å². The van der Waals surface area contributed by atoms with Crippen LogP contribution in [0.25, 0.3) is 0 Å². The van der Waals surface area contributed by atoms with Gasteiger partial charge in [0.25, 0.3) is 0 Å². The first kappa shape index (κ1) is 15.4. The van der Waals surface area contributed by atoms with Gasteiger partial charge < -0.3 is 10.4 Å². The number of carbonyl (C=O) groups is 1. The van der Waals surface area contributed by atoms with Gasteiger partial charge in [-0.2, -0.15) is 0 Å². The van der Waals surface area contributed by atoms with Crippen LogP contribution < -0.4 is 5.32 Å². The molecule has 0 spiro atoms. The SMILES string of the molecule is CCCC(CCNC(C)CC)CCC(=O)O. The fourth-order valence-corrected chi connectivity index (χ4v) is 1.85. The third-order valence-electron chi connectivity index (χ3n) is 3.12. The number of carboxylic acid groups (broad SMARTS) is 1. The van der Waals surface area contributed by atoms with E-state index in [-0.39, 0.29) is 0 Å². The Labute approximate surface area is 99.6 Å². The second kappa shape index (κ2) is 9.64. The Morgan fingerprint density at radius 3 is 2.44 bits per heavy atom. The predicted molar refractivity (Wildman–Crippen MR) is 67.6 cm³/mol. The Morgan fingerprint density at radius 1 is 1.25 bits per heavy atom. The maximum Gasteiger partial charge on any atom is 0.303 e. The van der Waals surface area contributed by atoms with E-state index in [1.807, 2.05) is 0 Å². The third-order valence-corrected chi connectivity index (χ3v) is 3.12. The molecule has 0 saturated carbocycles. The van der Waals surface area contributed by atoms with Crippen LogP contribution >= 0.6 is 0 Å². The minimum atomic E-state index is -0.670. The molecule has 0 bridgehead atoms. The molecule has 2 atom stereocenters. The van der Waals surface area contributed by atoms with Crippen LogP contribution in [-0.2, 0) is 4.79 Å². The summed E-state index contributed by atoms with van der Waals surface area (Å²) in [6.45, 7) is 7.53. The van der Waals surface area contributed by atoms with Crippen molar-refractivity contribution in [2.45, 2.75) is 65.3 Å². The first-order chi connectivity index (χ1) is 7.60. The van der Waals surface area contributed by atoms with Gasteiger partial charge in [-0.05, 0) is 38.6 Å². The molecule has 0 saturated heterocycles. The Bertz CT molecular complexity index is 183. The van der Waals surface area contributed by atoms with Crippen molar-refractivity contribution in [1.82, 2.24) is 5.32 Å². The van der Waals surface area contributed by atoms with Crippen LogP contribution in [0.15, 0.2) is 0 Å². The number of nitrogens with one attached hydrogen (secondary N) is 1. The summed E-state index contributed by atoms with van der Waals surface area (Å²) in [5, 5.41) is 12.1. The van der Waals surface area contributed by atoms with E-state index in [1.165, 1.54) is 0 Å². The van der Waals surface area contributed by atoms with Crippen molar-refractivity contribution in [3.63, 3.8) is 0 Å². The lowest BCUT2D eigenvalue weighted by molar-refractivity contribution is -0.137. The highest BCUT2D eigenvalue weighted by Crippen LogP contribution is 2.17. The summed E-state index contributed by atoms with van der Waals surface area (Å²) in [4.78, 5) is 10.5. The number of rotatable bonds is 10. The average molecular weight is 229 g/mol. The maximum atomic E-state index is 10.5.